The Hall–Kier alpha value is -3.52. The summed E-state index contributed by atoms with van der Waals surface area (Å²) in [4.78, 5) is 25.8. The number of aliphatic hydroxyl groups is 1. The van der Waals surface area contributed by atoms with Gasteiger partial charge in [0.2, 0.25) is 5.95 Å². The molecule has 0 radical (unpaired) electrons. The zero-order valence-corrected chi connectivity index (χ0v) is 16.3. The number of aliphatic hydroxyl groups excluding tert-OH is 1. The van der Waals surface area contributed by atoms with Crippen molar-refractivity contribution in [3.63, 3.8) is 0 Å². The highest BCUT2D eigenvalue weighted by molar-refractivity contribution is 6.04. The van der Waals surface area contributed by atoms with Gasteiger partial charge in [-0.3, -0.25) is 9.78 Å². The molecule has 5 N–H and O–H groups in total. The van der Waals surface area contributed by atoms with Gasteiger partial charge in [-0.25, -0.2) is 4.98 Å². The maximum atomic E-state index is 12.6. The number of hydrogen-bond acceptors (Lipinski definition) is 7. The molecule has 0 spiro atoms. The van der Waals surface area contributed by atoms with Crippen LogP contribution in [-0.4, -0.2) is 38.6 Å². The molecule has 0 unspecified atom stereocenters. The van der Waals surface area contributed by atoms with E-state index in [0.717, 1.165) is 0 Å². The predicted molar refractivity (Wildman–Crippen MR) is 113 cm³/mol. The van der Waals surface area contributed by atoms with Crippen LogP contribution >= 0.6 is 0 Å². The Labute approximate surface area is 169 Å². The lowest BCUT2D eigenvalue weighted by Gasteiger charge is -2.20. The summed E-state index contributed by atoms with van der Waals surface area (Å²) in [6.07, 6.45) is 1.67. The second-order valence-corrected chi connectivity index (χ2v) is 6.93. The number of aromatic nitrogens is 3. The fraction of sp³-hybridized carbons (Fsp3) is 0.238. The minimum Gasteiger partial charge on any atom is -0.399 e. The third-order valence-electron chi connectivity index (χ3n) is 4.36. The molecule has 0 saturated heterocycles. The van der Waals surface area contributed by atoms with Crippen LogP contribution in [0.3, 0.4) is 0 Å². The number of nitrogens with one attached hydrogen (secondary N) is 2. The number of pyridine rings is 1. The number of carbonyl (C=O) groups excluding carboxylic acids is 1. The zero-order chi connectivity index (χ0) is 20.8. The summed E-state index contributed by atoms with van der Waals surface area (Å²) < 4.78 is 0. The topological polar surface area (TPSA) is 126 Å². The third-order valence-corrected chi connectivity index (χ3v) is 4.36. The van der Waals surface area contributed by atoms with E-state index in [1.54, 1.807) is 36.5 Å². The summed E-state index contributed by atoms with van der Waals surface area (Å²) in [5, 5.41) is 15.5. The number of nitrogens with zero attached hydrogens (tertiary/aromatic N) is 3. The first-order valence-electron chi connectivity index (χ1n) is 9.31. The Morgan fingerprint density at radius 1 is 1.10 bits per heavy atom. The third kappa shape index (κ3) is 5.26. The standard InChI is InChI=1S/C21H24N6O2/c1-13(2)18(12-28)25-21-24-17(16-8-3-4-9-23-16)11-19(27-21)26-20(29)14-6-5-7-15(22)10-14/h3-11,13,18,28H,12,22H2,1-2H3,(H2,24,25,26,27,29)/t18-/m0/s1. The van der Waals surface area contributed by atoms with E-state index in [2.05, 4.69) is 25.6 Å². The monoisotopic (exact) mass is 392 g/mol. The first-order valence-corrected chi connectivity index (χ1v) is 9.31. The molecule has 0 fully saturated rings. The van der Waals surface area contributed by atoms with Crippen LogP contribution in [0.25, 0.3) is 11.4 Å². The molecule has 0 bridgehead atoms. The minimum absolute atomic E-state index is 0.0696. The first-order chi connectivity index (χ1) is 14.0. The number of hydrogen-bond donors (Lipinski definition) is 4. The van der Waals surface area contributed by atoms with Gasteiger partial charge in [0.05, 0.1) is 24.0 Å². The van der Waals surface area contributed by atoms with E-state index in [1.165, 1.54) is 0 Å². The lowest BCUT2D eigenvalue weighted by molar-refractivity contribution is 0.102. The lowest BCUT2D eigenvalue weighted by Crippen LogP contribution is -2.30. The van der Waals surface area contributed by atoms with Gasteiger partial charge < -0.3 is 21.5 Å². The summed E-state index contributed by atoms with van der Waals surface area (Å²) in [6, 6.07) is 13.6. The molecule has 2 heterocycles. The first kappa shape index (κ1) is 20.2. The normalized spacial score (nSPS) is 11.9. The lowest BCUT2D eigenvalue weighted by atomic mass is 10.1. The minimum atomic E-state index is -0.337. The largest absolute Gasteiger partial charge is 0.399 e. The van der Waals surface area contributed by atoms with Gasteiger partial charge in [0.1, 0.15) is 5.82 Å². The maximum absolute atomic E-state index is 12.6. The number of nitrogens with two attached hydrogens (primary N) is 1. The van der Waals surface area contributed by atoms with Crippen LogP contribution in [-0.2, 0) is 0 Å². The Kier molecular flexibility index (Phi) is 6.36. The molecular formula is C21H24N6O2. The van der Waals surface area contributed by atoms with E-state index in [1.807, 2.05) is 32.0 Å². The zero-order valence-electron chi connectivity index (χ0n) is 16.3. The van der Waals surface area contributed by atoms with Gasteiger partial charge in [-0.1, -0.05) is 26.0 Å². The fourth-order valence-electron chi connectivity index (χ4n) is 2.68. The van der Waals surface area contributed by atoms with Crippen LogP contribution in [0.1, 0.15) is 24.2 Å². The molecule has 3 rings (SSSR count). The van der Waals surface area contributed by atoms with Gasteiger partial charge in [-0.2, -0.15) is 4.98 Å². The number of amides is 1. The molecule has 8 heteroatoms. The SMILES string of the molecule is CC(C)[C@H](CO)Nc1nc(NC(=O)c2cccc(N)c2)cc(-c2ccccn2)n1. The van der Waals surface area contributed by atoms with Crippen LogP contribution in [0.4, 0.5) is 17.5 Å². The van der Waals surface area contributed by atoms with E-state index in [-0.39, 0.29) is 24.5 Å². The summed E-state index contributed by atoms with van der Waals surface area (Å²) >= 11 is 0. The molecular weight excluding hydrogens is 368 g/mol. The fourth-order valence-corrected chi connectivity index (χ4v) is 2.68. The van der Waals surface area contributed by atoms with E-state index >= 15 is 0 Å². The van der Waals surface area contributed by atoms with Crippen molar-refractivity contribution in [3.05, 3.63) is 60.3 Å². The average Bonchev–Trinajstić information content (AvgIpc) is 2.72. The molecule has 3 aromatic rings. The Bertz CT molecular complexity index is 978. The molecule has 8 nitrogen and oxygen atoms in total. The number of anilines is 3. The van der Waals surface area contributed by atoms with Crippen LogP contribution < -0.4 is 16.4 Å². The molecule has 0 saturated carbocycles. The van der Waals surface area contributed by atoms with Crippen LogP contribution in [0.5, 0.6) is 0 Å². The molecule has 0 aliphatic carbocycles. The maximum Gasteiger partial charge on any atom is 0.256 e. The Morgan fingerprint density at radius 2 is 1.93 bits per heavy atom. The summed E-state index contributed by atoms with van der Waals surface area (Å²) in [5.74, 6) is 0.434. The van der Waals surface area contributed by atoms with Crippen molar-refractivity contribution in [1.29, 1.82) is 0 Å². The Balaban J connectivity index is 1.94. The predicted octanol–water partition coefficient (Wildman–Crippen LogP) is 2.80. The second kappa shape index (κ2) is 9.11. The second-order valence-electron chi connectivity index (χ2n) is 6.93. The van der Waals surface area contributed by atoms with Crippen LogP contribution in [0.2, 0.25) is 0 Å². The highest BCUT2D eigenvalue weighted by atomic mass is 16.3. The highest BCUT2D eigenvalue weighted by Crippen LogP contribution is 2.21. The van der Waals surface area contributed by atoms with Gasteiger partial charge in [0, 0.05) is 23.5 Å². The van der Waals surface area contributed by atoms with Crippen molar-refractivity contribution in [2.45, 2.75) is 19.9 Å². The molecule has 1 amide bonds. The quantitative estimate of drug-likeness (QED) is 0.455. The van der Waals surface area contributed by atoms with Crippen molar-refractivity contribution in [2.24, 2.45) is 5.92 Å². The summed E-state index contributed by atoms with van der Waals surface area (Å²) in [7, 11) is 0. The smallest absolute Gasteiger partial charge is 0.256 e. The van der Waals surface area contributed by atoms with E-state index in [0.29, 0.717) is 34.4 Å². The van der Waals surface area contributed by atoms with Crippen molar-refractivity contribution in [1.82, 2.24) is 15.0 Å². The summed E-state index contributed by atoms with van der Waals surface area (Å²) in [5.41, 5.74) is 7.88. The van der Waals surface area contributed by atoms with Crippen molar-refractivity contribution < 1.29 is 9.90 Å². The van der Waals surface area contributed by atoms with E-state index in [4.69, 9.17) is 5.73 Å². The van der Waals surface area contributed by atoms with Gasteiger partial charge in [-0.15, -0.1) is 0 Å². The number of rotatable bonds is 7. The molecule has 150 valence electrons. The summed E-state index contributed by atoms with van der Waals surface area (Å²) in [6.45, 7) is 3.90. The number of benzene rings is 1. The van der Waals surface area contributed by atoms with Crippen molar-refractivity contribution >= 4 is 23.4 Å². The van der Waals surface area contributed by atoms with Crippen LogP contribution in [0.15, 0.2) is 54.7 Å². The van der Waals surface area contributed by atoms with Crippen molar-refractivity contribution in [2.75, 3.05) is 23.0 Å². The highest BCUT2D eigenvalue weighted by Gasteiger charge is 2.16. The van der Waals surface area contributed by atoms with E-state index < -0.39 is 0 Å². The van der Waals surface area contributed by atoms with Gasteiger partial charge in [-0.05, 0) is 36.2 Å². The van der Waals surface area contributed by atoms with Crippen molar-refractivity contribution in [3.8, 4) is 11.4 Å². The Morgan fingerprint density at radius 3 is 2.59 bits per heavy atom. The molecule has 1 aromatic carbocycles. The molecule has 2 aromatic heterocycles. The number of carbonyl (C=O) groups is 1. The van der Waals surface area contributed by atoms with Crippen LogP contribution in [0, 0.1) is 5.92 Å². The molecule has 0 aliphatic rings. The molecule has 1 atom stereocenters. The average molecular weight is 392 g/mol. The van der Waals surface area contributed by atoms with Gasteiger partial charge in [0.15, 0.2) is 0 Å². The molecule has 29 heavy (non-hydrogen) atoms. The number of nitrogen functional groups attached to an aromatic ring is 1. The van der Waals surface area contributed by atoms with Gasteiger partial charge >= 0.3 is 0 Å². The van der Waals surface area contributed by atoms with Gasteiger partial charge in [0.25, 0.3) is 5.91 Å². The van der Waals surface area contributed by atoms with E-state index in [9.17, 15) is 9.90 Å². The molecule has 0 aliphatic heterocycles.